The molecule has 0 saturated carbocycles. The maximum absolute atomic E-state index is 12.7. The average Bonchev–Trinajstić information content (AvgIpc) is 3.46. The van der Waals surface area contributed by atoms with Gasteiger partial charge in [-0.15, -0.1) is 11.3 Å². The second kappa shape index (κ2) is 9.10. The zero-order valence-electron chi connectivity index (χ0n) is 17.1. The quantitative estimate of drug-likeness (QED) is 0.665. The number of likely N-dealkylation sites (tertiary alicyclic amines) is 1. The van der Waals surface area contributed by atoms with Gasteiger partial charge in [-0.25, -0.2) is 4.98 Å². The van der Waals surface area contributed by atoms with Gasteiger partial charge >= 0.3 is 0 Å². The third-order valence-corrected chi connectivity index (χ3v) is 6.14. The summed E-state index contributed by atoms with van der Waals surface area (Å²) >= 11 is 1.48. The fraction of sp³-hybridized carbons (Fsp3) is 0.318. The summed E-state index contributed by atoms with van der Waals surface area (Å²) in [5.74, 6) is -0.432. The Kier molecular flexibility index (Phi) is 6.09. The van der Waals surface area contributed by atoms with E-state index in [4.69, 9.17) is 5.26 Å². The molecule has 3 heterocycles. The molecule has 4 rings (SSSR count). The predicted molar refractivity (Wildman–Crippen MR) is 116 cm³/mol. The molecule has 8 nitrogen and oxygen atoms in total. The van der Waals surface area contributed by atoms with Crippen molar-refractivity contribution < 1.29 is 9.59 Å². The molecule has 9 heteroatoms. The van der Waals surface area contributed by atoms with E-state index in [2.05, 4.69) is 21.5 Å². The van der Waals surface area contributed by atoms with E-state index in [-0.39, 0.29) is 17.7 Å². The molecule has 2 amide bonds. The molecule has 1 saturated heterocycles. The van der Waals surface area contributed by atoms with Crippen molar-refractivity contribution in [1.82, 2.24) is 25.0 Å². The van der Waals surface area contributed by atoms with Crippen LogP contribution >= 0.6 is 11.3 Å². The van der Waals surface area contributed by atoms with E-state index in [1.807, 2.05) is 17.5 Å². The number of aryl methyl sites for hydroxylation is 1. The van der Waals surface area contributed by atoms with Gasteiger partial charge in [-0.1, -0.05) is 12.1 Å². The summed E-state index contributed by atoms with van der Waals surface area (Å²) in [5.41, 5.74) is 2.77. The van der Waals surface area contributed by atoms with Gasteiger partial charge in [-0.05, 0) is 31.0 Å². The molecular formula is C22H22N6O2S. The van der Waals surface area contributed by atoms with Crippen molar-refractivity contribution in [3.05, 3.63) is 58.2 Å². The Hall–Kier alpha value is -3.51. The van der Waals surface area contributed by atoms with Gasteiger partial charge in [0, 0.05) is 37.3 Å². The van der Waals surface area contributed by atoms with E-state index in [1.54, 1.807) is 41.0 Å². The summed E-state index contributed by atoms with van der Waals surface area (Å²) in [6, 6.07) is 11.0. The molecule has 1 aromatic carbocycles. The first kappa shape index (κ1) is 20.8. The van der Waals surface area contributed by atoms with Crippen LogP contribution in [0.25, 0.3) is 11.3 Å². The van der Waals surface area contributed by atoms with E-state index in [9.17, 15) is 9.59 Å². The van der Waals surface area contributed by atoms with Crippen LogP contribution in [0.4, 0.5) is 0 Å². The monoisotopic (exact) mass is 434 g/mol. The third-order valence-electron chi connectivity index (χ3n) is 5.29. The van der Waals surface area contributed by atoms with Gasteiger partial charge in [0.15, 0.2) is 0 Å². The van der Waals surface area contributed by atoms with Crippen LogP contribution in [-0.2, 0) is 18.4 Å². The molecule has 1 atom stereocenters. The minimum atomic E-state index is -0.237. The second-order valence-corrected chi connectivity index (χ2v) is 8.44. The number of nitrogens with one attached hydrogen (secondary N) is 1. The number of nitriles is 1. The number of thiazole rings is 1. The zero-order valence-corrected chi connectivity index (χ0v) is 17.9. The topological polar surface area (TPSA) is 104 Å². The van der Waals surface area contributed by atoms with Gasteiger partial charge < -0.3 is 10.2 Å². The number of aromatic nitrogens is 3. The van der Waals surface area contributed by atoms with E-state index in [0.29, 0.717) is 30.9 Å². The minimum absolute atomic E-state index is 0.0614. The molecule has 1 aliphatic heterocycles. The molecule has 1 fully saturated rings. The van der Waals surface area contributed by atoms with Crippen LogP contribution in [0, 0.1) is 17.2 Å². The first-order chi connectivity index (χ1) is 15.0. The standard InChI is InChI=1S/C22H22N6O2S/c1-27-10-8-18(26-27)22(30)28-9-2-3-17(13-28)21(29)24-12-20-25-19(14-31-20)16-6-4-15(11-23)5-7-16/h4-8,10,14,17H,2-3,9,12-13H2,1H3,(H,24,29)/t17-/m0/s1. The zero-order chi connectivity index (χ0) is 21.8. The summed E-state index contributed by atoms with van der Waals surface area (Å²) < 4.78 is 1.60. The predicted octanol–water partition coefficient (Wildman–Crippen LogP) is 2.58. The van der Waals surface area contributed by atoms with E-state index in [0.717, 1.165) is 29.1 Å². The van der Waals surface area contributed by atoms with Crippen molar-refractivity contribution >= 4 is 23.2 Å². The molecule has 0 unspecified atom stereocenters. The number of hydrogen-bond acceptors (Lipinski definition) is 6. The van der Waals surface area contributed by atoms with E-state index in [1.165, 1.54) is 11.3 Å². The number of nitrogens with zero attached hydrogens (tertiary/aromatic N) is 5. The van der Waals surface area contributed by atoms with Gasteiger partial charge in [-0.3, -0.25) is 14.3 Å². The van der Waals surface area contributed by atoms with Crippen molar-refractivity contribution in [1.29, 1.82) is 5.26 Å². The highest BCUT2D eigenvalue weighted by atomic mass is 32.1. The smallest absolute Gasteiger partial charge is 0.274 e. The van der Waals surface area contributed by atoms with Crippen LogP contribution in [0.1, 0.15) is 33.9 Å². The van der Waals surface area contributed by atoms with Crippen molar-refractivity contribution in [2.75, 3.05) is 13.1 Å². The Morgan fingerprint density at radius 2 is 2.10 bits per heavy atom. The lowest BCUT2D eigenvalue weighted by Gasteiger charge is -2.31. The SMILES string of the molecule is Cn1ccc(C(=O)N2CCC[C@H](C(=O)NCc3nc(-c4ccc(C#N)cc4)cs3)C2)n1. The van der Waals surface area contributed by atoms with Crippen molar-refractivity contribution in [3.8, 4) is 17.3 Å². The molecule has 158 valence electrons. The minimum Gasteiger partial charge on any atom is -0.349 e. The van der Waals surface area contributed by atoms with Gasteiger partial charge in [0.2, 0.25) is 5.91 Å². The van der Waals surface area contributed by atoms with E-state index < -0.39 is 0 Å². The largest absolute Gasteiger partial charge is 0.349 e. The van der Waals surface area contributed by atoms with Crippen LogP contribution in [0.3, 0.4) is 0 Å². The Bertz CT molecular complexity index is 1130. The van der Waals surface area contributed by atoms with Gasteiger partial charge in [0.05, 0.1) is 29.8 Å². The Morgan fingerprint density at radius 1 is 1.29 bits per heavy atom. The number of rotatable bonds is 5. The average molecular weight is 435 g/mol. The highest BCUT2D eigenvalue weighted by molar-refractivity contribution is 7.09. The number of piperidine rings is 1. The molecule has 31 heavy (non-hydrogen) atoms. The number of carbonyl (C=O) groups is 2. The van der Waals surface area contributed by atoms with Crippen molar-refractivity contribution in [3.63, 3.8) is 0 Å². The van der Waals surface area contributed by atoms with E-state index >= 15 is 0 Å². The van der Waals surface area contributed by atoms with Gasteiger partial charge in [-0.2, -0.15) is 10.4 Å². The summed E-state index contributed by atoms with van der Waals surface area (Å²) in [6.07, 6.45) is 3.28. The van der Waals surface area contributed by atoms with Crippen LogP contribution < -0.4 is 5.32 Å². The molecule has 2 aromatic heterocycles. The lowest BCUT2D eigenvalue weighted by atomic mass is 9.97. The first-order valence-electron chi connectivity index (χ1n) is 10.0. The molecule has 1 aliphatic rings. The maximum atomic E-state index is 12.7. The molecule has 0 bridgehead atoms. The van der Waals surface area contributed by atoms with Crippen molar-refractivity contribution in [2.45, 2.75) is 19.4 Å². The fourth-order valence-electron chi connectivity index (χ4n) is 3.61. The number of benzene rings is 1. The molecule has 0 spiro atoms. The summed E-state index contributed by atoms with van der Waals surface area (Å²) in [6.45, 7) is 1.39. The Morgan fingerprint density at radius 3 is 2.81 bits per heavy atom. The van der Waals surface area contributed by atoms with Crippen LogP contribution in [0.2, 0.25) is 0 Å². The Balaban J connectivity index is 1.33. The third kappa shape index (κ3) is 4.81. The fourth-order valence-corrected chi connectivity index (χ4v) is 4.36. The number of carbonyl (C=O) groups excluding carboxylic acids is 2. The summed E-state index contributed by atoms with van der Waals surface area (Å²) in [5, 5.41) is 18.8. The normalized spacial score (nSPS) is 16.0. The van der Waals surface area contributed by atoms with Gasteiger partial charge in [0.1, 0.15) is 10.7 Å². The molecular weight excluding hydrogens is 412 g/mol. The lowest BCUT2D eigenvalue weighted by molar-refractivity contribution is -0.126. The summed E-state index contributed by atoms with van der Waals surface area (Å²) in [7, 11) is 1.77. The van der Waals surface area contributed by atoms with Crippen LogP contribution in [0.5, 0.6) is 0 Å². The van der Waals surface area contributed by atoms with Crippen LogP contribution in [0.15, 0.2) is 41.9 Å². The lowest BCUT2D eigenvalue weighted by Crippen LogP contribution is -2.45. The Labute approximate surface area is 184 Å². The highest BCUT2D eigenvalue weighted by Gasteiger charge is 2.29. The summed E-state index contributed by atoms with van der Waals surface area (Å²) in [4.78, 5) is 31.6. The maximum Gasteiger partial charge on any atom is 0.274 e. The molecule has 0 aliphatic carbocycles. The van der Waals surface area contributed by atoms with Crippen molar-refractivity contribution in [2.24, 2.45) is 13.0 Å². The van der Waals surface area contributed by atoms with Gasteiger partial charge in [0.25, 0.3) is 5.91 Å². The van der Waals surface area contributed by atoms with Crippen LogP contribution in [-0.4, -0.2) is 44.6 Å². The number of amides is 2. The molecule has 3 aromatic rings. The molecule has 1 N–H and O–H groups in total. The molecule has 0 radical (unpaired) electrons. The number of hydrogen-bond donors (Lipinski definition) is 1. The highest BCUT2D eigenvalue weighted by Crippen LogP contribution is 2.23. The second-order valence-electron chi connectivity index (χ2n) is 7.50. The first-order valence-corrected chi connectivity index (χ1v) is 10.9.